The Labute approximate surface area is 128 Å². The van der Waals surface area contributed by atoms with Crippen molar-refractivity contribution in [1.82, 2.24) is 10.2 Å². The Morgan fingerprint density at radius 1 is 1.24 bits per heavy atom. The van der Waals surface area contributed by atoms with Gasteiger partial charge in [0.2, 0.25) is 11.8 Å². The van der Waals surface area contributed by atoms with Crippen LogP contribution in [0.25, 0.3) is 0 Å². The minimum Gasteiger partial charge on any atom is -0.340 e. The molecule has 21 heavy (non-hydrogen) atoms. The zero-order chi connectivity index (χ0) is 15.8. The number of piperazine rings is 1. The standard InChI is InChI=1S/C17H30N2O2/c1-6-17(5)16(21)19(12(4)13-9-7-8-10-13)14(11(2)3)15(20)18-17/h11-14H,6-10H2,1-5H3,(H,18,20). The van der Waals surface area contributed by atoms with E-state index < -0.39 is 5.54 Å². The van der Waals surface area contributed by atoms with Gasteiger partial charge < -0.3 is 10.2 Å². The molecule has 2 amide bonds. The highest BCUT2D eigenvalue weighted by molar-refractivity contribution is 5.99. The van der Waals surface area contributed by atoms with Crippen LogP contribution >= 0.6 is 0 Å². The van der Waals surface area contributed by atoms with Crippen LogP contribution in [-0.2, 0) is 9.59 Å². The number of hydrogen-bond acceptors (Lipinski definition) is 2. The summed E-state index contributed by atoms with van der Waals surface area (Å²) in [5.41, 5.74) is -0.741. The molecular formula is C17H30N2O2. The zero-order valence-corrected chi connectivity index (χ0v) is 14.1. The highest BCUT2D eigenvalue weighted by atomic mass is 16.2. The third-order valence-electron chi connectivity index (χ3n) is 5.53. The second-order valence-electron chi connectivity index (χ2n) is 7.36. The molecule has 1 saturated carbocycles. The Kier molecular flexibility index (Phi) is 4.64. The summed E-state index contributed by atoms with van der Waals surface area (Å²) in [6.45, 7) is 10.0. The minimum absolute atomic E-state index is 0.0128. The van der Waals surface area contributed by atoms with Gasteiger partial charge in [-0.2, -0.15) is 0 Å². The molecule has 1 saturated heterocycles. The van der Waals surface area contributed by atoms with Crippen molar-refractivity contribution in [3.8, 4) is 0 Å². The summed E-state index contributed by atoms with van der Waals surface area (Å²) in [5, 5.41) is 2.97. The van der Waals surface area contributed by atoms with Crippen molar-refractivity contribution in [1.29, 1.82) is 0 Å². The molecule has 4 heteroatoms. The van der Waals surface area contributed by atoms with E-state index in [2.05, 4.69) is 12.2 Å². The minimum atomic E-state index is -0.741. The Balaban J connectivity index is 2.33. The number of amides is 2. The van der Waals surface area contributed by atoms with Crippen molar-refractivity contribution < 1.29 is 9.59 Å². The van der Waals surface area contributed by atoms with E-state index in [4.69, 9.17) is 0 Å². The molecule has 2 rings (SSSR count). The molecule has 120 valence electrons. The molecule has 2 fully saturated rings. The molecule has 1 heterocycles. The van der Waals surface area contributed by atoms with Gasteiger partial charge in [0.15, 0.2) is 0 Å². The Morgan fingerprint density at radius 2 is 1.81 bits per heavy atom. The van der Waals surface area contributed by atoms with Gasteiger partial charge in [0.05, 0.1) is 0 Å². The van der Waals surface area contributed by atoms with Crippen LogP contribution in [0.15, 0.2) is 0 Å². The van der Waals surface area contributed by atoms with E-state index in [1.165, 1.54) is 25.7 Å². The predicted octanol–water partition coefficient (Wildman–Crippen LogP) is 2.72. The van der Waals surface area contributed by atoms with Crippen molar-refractivity contribution in [2.45, 2.75) is 84.3 Å². The first-order valence-electron chi connectivity index (χ1n) is 8.46. The average Bonchev–Trinajstić information content (AvgIpc) is 2.95. The highest BCUT2D eigenvalue weighted by Crippen LogP contribution is 2.35. The van der Waals surface area contributed by atoms with Crippen molar-refractivity contribution in [3.05, 3.63) is 0 Å². The van der Waals surface area contributed by atoms with Gasteiger partial charge in [0.25, 0.3) is 0 Å². The molecule has 0 radical (unpaired) electrons. The Hall–Kier alpha value is -1.06. The first kappa shape index (κ1) is 16.3. The molecular weight excluding hydrogens is 264 g/mol. The largest absolute Gasteiger partial charge is 0.340 e. The number of nitrogens with one attached hydrogen (secondary N) is 1. The van der Waals surface area contributed by atoms with Gasteiger partial charge in [0, 0.05) is 6.04 Å². The summed E-state index contributed by atoms with van der Waals surface area (Å²) in [7, 11) is 0. The van der Waals surface area contributed by atoms with E-state index in [1.54, 1.807) is 0 Å². The lowest BCUT2D eigenvalue weighted by molar-refractivity contribution is -0.160. The van der Waals surface area contributed by atoms with Gasteiger partial charge in [-0.3, -0.25) is 9.59 Å². The highest BCUT2D eigenvalue weighted by Gasteiger charge is 2.50. The van der Waals surface area contributed by atoms with Gasteiger partial charge in [-0.05, 0) is 44.9 Å². The van der Waals surface area contributed by atoms with E-state index in [9.17, 15) is 9.59 Å². The molecule has 2 aliphatic rings. The molecule has 0 aromatic carbocycles. The number of carbonyl (C=O) groups is 2. The third-order valence-corrected chi connectivity index (χ3v) is 5.53. The second-order valence-corrected chi connectivity index (χ2v) is 7.36. The lowest BCUT2D eigenvalue weighted by Gasteiger charge is -2.49. The number of hydrogen-bond donors (Lipinski definition) is 1. The molecule has 0 aromatic heterocycles. The van der Waals surface area contributed by atoms with E-state index in [0.717, 1.165) is 0 Å². The van der Waals surface area contributed by atoms with Crippen molar-refractivity contribution in [2.75, 3.05) is 0 Å². The normalized spacial score (nSPS) is 32.7. The number of rotatable bonds is 4. The fourth-order valence-electron chi connectivity index (χ4n) is 3.91. The van der Waals surface area contributed by atoms with Crippen LogP contribution in [0, 0.1) is 11.8 Å². The van der Waals surface area contributed by atoms with Crippen LogP contribution in [0.2, 0.25) is 0 Å². The molecule has 1 aliphatic carbocycles. The van der Waals surface area contributed by atoms with Crippen molar-refractivity contribution in [2.24, 2.45) is 11.8 Å². The maximum atomic E-state index is 13.0. The first-order chi connectivity index (χ1) is 9.81. The Morgan fingerprint density at radius 3 is 2.29 bits per heavy atom. The first-order valence-corrected chi connectivity index (χ1v) is 8.46. The maximum Gasteiger partial charge on any atom is 0.248 e. The van der Waals surface area contributed by atoms with Crippen LogP contribution in [0.1, 0.15) is 66.7 Å². The average molecular weight is 294 g/mol. The monoisotopic (exact) mass is 294 g/mol. The van der Waals surface area contributed by atoms with E-state index in [1.807, 2.05) is 32.6 Å². The summed E-state index contributed by atoms with van der Waals surface area (Å²) in [6.07, 6.45) is 5.50. The fourth-order valence-corrected chi connectivity index (χ4v) is 3.91. The van der Waals surface area contributed by atoms with Gasteiger partial charge >= 0.3 is 0 Å². The molecule has 0 bridgehead atoms. The van der Waals surface area contributed by atoms with Gasteiger partial charge in [-0.1, -0.05) is 33.6 Å². The summed E-state index contributed by atoms with van der Waals surface area (Å²) in [4.78, 5) is 27.5. The smallest absolute Gasteiger partial charge is 0.248 e. The molecule has 4 nitrogen and oxygen atoms in total. The molecule has 0 aromatic rings. The molecule has 1 aliphatic heterocycles. The maximum absolute atomic E-state index is 13.0. The van der Waals surface area contributed by atoms with Crippen LogP contribution in [0.5, 0.6) is 0 Å². The van der Waals surface area contributed by atoms with Crippen LogP contribution in [0.4, 0.5) is 0 Å². The van der Waals surface area contributed by atoms with Gasteiger partial charge in [0.1, 0.15) is 11.6 Å². The zero-order valence-electron chi connectivity index (χ0n) is 14.1. The third kappa shape index (κ3) is 2.82. The second kappa shape index (κ2) is 5.98. The predicted molar refractivity (Wildman–Crippen MR) is 83.7 cm³/mol. The van der Waals surface area contributed by atoms with Crippen LogP contribution in [-0.4, -0.2) is 34.3 Å². The fraction of sp³-hybridized carbons (Fsp3) is 0.882. The molecule has 3 unspecified atom stereocenters. The summed E-state index contributed by atoms with van der Waals surface area (Å²) >= 11 is 0. The molecule has 1 N–H and O–H groups in total. The SMILES string of the molecule is CCC1(C)NC(=O)C(C(C)C)N(C(C)C2CCCC2)C1=O. The number of nitrogens with zero attached hydrogens (tertiary/aromatic N) is 1. The summed E-state index contributed by atoms with van der Waals surface area (Å²) < 4.78 is 0. The van der Waals surface area contributed by atoms with E-state index in [-0.39, 0.29) is 29.8 Å². The van der Waals surface area contributed by atoms with Gasteiger partial charge in [-0.15, -0.1) is 0 Å². The molecule has 3 atom stereocenters. The van der Waals surface area contributed by atoms with E-state index >= 15 is 0 Å². The van der Waals surface area contributed by atoms with Crippen molar-refractivity contribution >= 4 is 11.8 Å². The lowest BCUT2D eigenvalue weighted by Crippen LogP contribution is -2.72. The Bertz CT molecular complexity index is 415. The summed E-state index contributed by atoms with van der Waals surface area (Å²) in [6, 6.07) is -0.169. The van der Waals surface area contributed by atoms with Crippen LogP contribution in [0.3, 0.4) is 0 Å². The number of carbonyl (C=O) groups excluding carboxylic acids is 2. The van der Waals surface area contributed by atoms with Crippen LogP contribution < -0.4 is 5.32 Å². The molecule has 0 spiro atoms. The topological polar surface area (TPSA) is 49.4 Å². The van der Waals surface area contributed by atoms with Gasteiger partial charge in [-0.25, -0.2) is 0 Å². The van der Waals surface area contributed by atoms with E-state index in [0.29, 0.717) is 12.3 Å². The quantitative estimate of drug-likeness (QED) is 0.866. The lowest BCUT2D eigenvalue weighted by atomic mass is 9.85. The summed E-state index contributed by atoms with van der Waals surface area (Å²) in [5.74, 6) is 0.794. The van der Waals surface area contributed by atoms with Crippen molar-refractivity contribution in [3.63, 3.8) is 0 Å².